The Morgan fingerprint density at radius 2 is 0.659 bits per heavy atom. The van der Waals surface area contributed by atoms with E-state index < -0.39 is 46.5 Å². The fourth-order valence-electron chi connectivity index (χ4n) is 9.68. The summed E-state index contributed by atoms with van der Waals surface area (Å²) in [5.41, 5.74) is 4.72. The summed E-state index contributed by atoms with van der Waals surface area (Å²) in [5.74, 6) is -4.84. The molecule has 0 spiro atoms. The highest BCUT2D eigenvalue weighted by atomic mass is 35.5. The van der Waals surface area contributed by atoms with Crippen LogP contribution >= 0.6 is 57.8 Å². The van der Waals surface area contributed by atoms with E-state index in [1.54, 1.807) is 18.2 Å². The van der Waals surface area contributed by atoms with Crippen molar-refractivity contribution in [2.45, 2.75) is 19.3 Å². The molecular formula is C60H56Cl2F8N12S3. The Balaban J connectivity index is 0.000000142. The van der Waals surface area contributed by atoms with Crippen LogP contribution in [0.25, 0.3) is 34.2 Å². The van der Waals surface area contributed by atoms with Crippen LogP contribution in [0.4, 0.5) is 50.5 Å². The van der Waals surface area contributed by atoms with E-state index in [2.05, 4.69) is 57.5 Å². The number of hydrogen-bond donors (Lipinski definition) is 0. The lowest BCUT2D eigenvalue weighted by molar-refractivity contribution is 0.261. The summed E-state index contributed by atoms with van der Waals surface area (Å²) >= 11 is 16.0. The van der Waals surface area contributed by atoms with Crippen LogP contribution in [0.2, 0.25) is 10.0 Å². The summed E-state index contributed by atoms with van der Waals surface area (Å²) in [6, 6.07) is 30.9. The first-order chi connectivity index (χ1) is 41.2. The van der Waals surface area contributed by atoms with Gasteiger partial charge < -0.3 is 14.7 Å². The van der Waals surface area contributed by atoms with Crippen LogP contribution in [0.15, 0.2) is 121 Å². The molecule has 3 aromatic heterocycles. The van der Waals surface area contributed by atoms with Crippen LogP contribution in [0.3, 0.4) is 0 Å². The first-order valence-electron chi connectivity index (χ1n) is 27.4. The fourth-order valence-corrected chi connectivity index (χ4v) is 12.2. The summed E-state index contributed by atoms with van der Waals surface area (Å²) < 4.78 is 119. The second-order valence-electron chi connectivity index (χ2n) is 20.3. The molecule has 3 saturated heterocycles. The van der Waals surface area contributed by atoms with E-state index >= 15 is 0 Å². The lowest BCUT2D eigenvalue weighted by atomic mass is 10.1. The second kappa shape index (κ2) is 29.1. The Morgan fingerprint density at radius 1 is 0.329 bits per heavy atom. The van der Waals surface area contributed by atoms with E-state index in [0.29, 0.717) is 46.5 Å². The quantitative estimate of drug-likeness (QED) is 0.0915. The molecule has 0 amide bonds. The van der Waals surface area contributed by atoms with E-state index in [1.807, 2.05) is 48.5 Å². The van der Waals surface area contributed by atoms with E-state index in [0.717, 1.165) is 165 Å². The molecule has 3 aliphatic heterocycles. The minimum absolute atomic E-state index is 0.379. The monoisotopic (exact) mass is 1260 g/mol. The zero-order valence-electron chi connectivity index (χ0n) is 45.6. The smallest absolute Gasteiger partial charge is 0.205 e. The molecule has 12 rings (SSSR count). The summed E-state index contributed by atoms with van der Waals surface area (Å²) in [4.78, 5) is 27.3. The highest BCUT2D eigenvalue weighted by Gasteiger charge is 2.24. The first-order valence-corrected chi connectivity index (χ1v) is 30.5. The third-order valence-electron chi connectivity index (χ3n) is 14.6. The molecule has 12 nitrogen and oxygen atoms in total. The van der Waals surface area contributed by atoms with Crippen molar-refractivity contribution in [3.63, 3.8) is 0 Å². The van der Waals surface area contributed by atoms with Crippen molar-refractivity contribution in [3.05, 3.63) is 195 Å². The van der Waals surface area contributed by atoms with Crippen molar-refractivity contribution in [2.75, 3.05) is 113 Å². The van der Waals surface area contributed by atoms with E-state index in [9.17, 15) is 35.1 Å². The standard InChI is InChI=1S/2C20H19ClF2N4S.C20H18F4N4S/c21-16-4-2-15(3-5-16)19-24-20(28-25-19)27-11-9-26(10-12-27)8-7-14-1-6-17(22)18(23)13-14;21-16-3-1-2-15(13-16)19-24-20(28-25-19)27-10-8-26(9-11-27)7-6-14-4-5-17(22)18(23)12-14;21-15-3-1-13(11-17(15)23)5-6-27-7-9-28(10-8-27)20-25-19(26-29-20)14-2-4-16(22)18(24)12-14/h1-6,13H,7-12H2;1-5,12-13H,6-11H2;1-4,11-12H,5-10H2. The molecular weight excluding hydrogens is 1210 g/mol. The van der Waals surface area contributed by atoms with E-state index in [-0.39, 0.29) is 0 Å². The Hall–Kier alpha value is -6.70. The Morgan fingerprint density at radius 3 is 1.01 bits per heavy atom. The number of hydrogen-bond acceptors (Lipinski definition) is 15. The van der Waals surface area contributed by atoms with Gasteiger partial charge in [0, 0.05) is 160 Å². The van der Waals surface area contributed by atoms with Gasteiger partial charge >= 0.3 is 0 Å². The molecule has 444 valence electrons. The predicted molar refractivity (Wildman–Crippen MR) is 322 cm³/mol. The molecule has 25 heteroatoms. The third-order valence-corrected chi connectivity index (χ3v) is 17.5. The van der Waals surface area contributed by atoms with Crippen LogP contribution in [-0.4, -0.2) is 141 Å². The van der Waals surface area contributed by atoms with E-state index in [4.69, 9.17) is 23.2 Å². The summed E-state index contributed by atoms with van der Waals surface area (Å²) in [5, 5.41) is 3.94. The van der Waals surface area contributed by atoms with Crippen LogP contribution in [0, 0.1) is 46.5 Å². The molecule has 0 bridgehead atoms. The van der Waals surface area contributed by atoms with Crippen molar-refractivity contribution in [2.24, 2.45) is 0 Å². The average Bonchev–Trinajstić information content (AvgIpc) is 4.55. The van der Waals surface area contributed by atoms with E-state index in [1.165, 1.54) is 71.0 Å². The number of aromatic nitrogens is 6. The largest absolute Gasteiger partial charge is 0.344 e. The molecule has 0 saturated carbocycles. The molecule has 0 aliphatic carbocycles. The third kappa shape index (κ3) is 16.8. The molecule has 9 aromatic rings. The van der Waals surface area contributed by atoms with Gasteiger partial charge in [-0.3, -0.25) is 14.7 Å². The SMILES string of the molecule is Fc1ccc(CCN2CCN(c3nc(-c4ccc(Cl)cc4)ns3)CC2)cc1F.Fc1ccc(CCN2CCN(c3nc(-c4ccc(F)c(F)c4)ns3)CC2)cc1F.Fc1ccc(CCN2CCN(c3nc(-c4cccc(Cl)c4)ns3)CC2)cc1F. The number of benzene rings is 6. The van der Waals surface area contributed by atoms with Crippen molar-refractivity contribution in [3.8, 4) is 34.2 Å². The predicted octanol–water partition coefficient (Wildman–Crippen LogP) is 13.1. The number of nitrogens with zero attached hydrogens (tertiary/aromatic N) is 12. The van der Waals surface area contributed by atoms with Crippen LogP contribution in [-0.2, 0) is 19.3 Å². The van der Waals surface area contributed by atoms with Crippen molar-refractivity contribution < 1.29 is 35.1 Å². The first kappa shape index (κ1) is 61.4. The molecule has 3 fully saturated rings. The van der Waals surface area contributed by atoms with Gasteiger partial charge in [0.1, 0.15) is 0 Å². The fraction of sp³-hybridized carbons (Fsp3) is 0.300. The molecule has 6 heterocycles. The zero-order valence-corrected chi connectivity index (χ0v) is 49.6. The van der Waals surface area contributed by atoms with Crippen LogP contribution < -0.4 is 14.7 Å². The maximum absolute atomic E-state index is 13.4. The van der Waals surface area contributed by atoms with Gasteiger partial charge in [-0.05, 0) is 127 Å². The Labute approximate surface area is 509 Å². The minimum Gasteiger partial charge on any atom is -0.344 e. The maximum atomic E-state index is 13.4. The minimum atomic E-state index is -0.923. The van der Waals surface area contributed by atoms with Crippen molar-refractivity contribution >= 4 is 73.2 Å². The summed E-state index contributed by atoms with van der Waals surface area (Å²) in [6.45, 7) is 12.6. The summed E-state index contributed by atoms with van der Waals surface area (Å²) in [6.07, 6.45) is 2.06. The lowest BCUT2D eigenvalue weighted by Gasteiger charge is -2.34. The topological polar surface area (TPSA) is 96.8 Å². The van der Waals surface area contributed by atoms with Crippen molar-refractivity contribution in [1.29, 1.82) is 0 Å². The number of rotatable bonds is 15. The number of piperazine rings is 3. The number of halogens is 10. The molecule has 6 aromatic carbocycles. The lowest BCUT2D eigenvalue weighted by Crippen LogP contribution is -2.47. The average molecular weight is 1260 g/mol. The molecule has 0 atom stereocenters. The van der Waals surface area contributed by atoms with Gasteiger partial charge in [-0.2, -0.15) is 28.1 Å². The van der Waals surface area contributed by atoms with Crippen molar-refractivity contribution in [1.82, 2.24) is 42.8 Å². The molecule has 3 aliphatic rings. The van der Waals surface area contributed by atoms with Gasteiger partial charge in [-0.15, -0.1) is 0 Å². The summed E-state index contributed by atoms with van der Waals surface area (Å²) in [7, 11) is 0. The van der Waals surface area contributed by atoms with Gasteiger partial charge in [-0.25, -0.2) is 35.1 Å². The van der Waals surface area contributed by atoms with Gasteiger partial charge in [0.2, 0.25) is 15.4 Å². The zero-order chi connectivity index (χ0) is 59.4. The van der Waals surface area contributed by atoms with Crippen LogP contribution in [0.5, 0.6) is 0 Å². The molecule has 0 unspecified atom stereocenters. The van der Waals surface area contributed by atoms with Crippen LogP contribution in [0.1, 0.15) is 16.7 Å². The Kier molecular flexibility index (Phi) is 21.0. The molecule has 85 heavy (non-hydrogen) atoms. The number of anilines is 3. The van der Waals surface area contributed by atoms with Gasteiger partial charge in [0.25, 0.3) is 0 Å². The Bertz CT molecular complexity index is 3650. The van der Waals surface area contributed by atoms with Gasteiger partial charge in [0.05, 0.1) is 0 Å². The maximum Gasteiger partial charge on any atom is 0.205 e. The van der Waals surface area contributed by atoms with Gasteiger partial charge in [0.15, 0.2) is 64.0 Å². The highest BCUT2D eigenvalue weighted by molar-refractivity contribution is 7.10. The van der Waals surface area contributed by atoms with Gasteiger partial charge in [-0.1, -0.05) is 53.5 Å². The molecule has 0 radical (unpaired) electrons. The highest BCUT2D eigenvalue weighted by Crippen LogP contribution is 2.30. The normalized spacial score (nSPS) is 15.2. The second-order valence-corrected chi connectivity index (χ2v) is 23.4. The molecule has 0 N–H and O–H groups in total.